The third kappa shape index (κ3) is 3.90. The Hall–Kier alpha value is -3.56. The maximum absolute atomic E-state index is 9.62. The zero-order chi connectivity index (χ0) is 19.9. The minimum absolute atomic E-state index is 0.451. The molecule has 28 heavy (non-hydrogen) atoms. The van der Waals surface area contributed by atoms with Gasteiger partial charge in [-0.15, -0.1) is 0 Å². The van der Waals surface area contributed by atoms with Crippen LogP contribution in [0.25, 0.3) is 22.3 Å². The Morgan fingerprint density at radius 3 is 1.82 bits per heavy atom. The smallest absolute Gasteiger partial charge is 0.119 e. The molecule has 3 aromatic carbocycles. The highest BCUT2D eigenvalue weighted by molar-refractivity contribution is 5.77. The van der Waals surface area contributed by atoms with Gasteiger partial charge in [0.15, 0.2) is 0 Å². The van der Waals surface area contributed by atoms with E-state index in [1.807, 2.05) is 67.6 Å². The van der Waals surface area contributed by atoms with Crippen molar-refractivity contribution in [2.45, 2.75) is 26.7 Å². The molecule has 0 saturated heterocycles. The number of hydrogen-bond acceptors (Lipinski definition) is 3. The fraction of sp³-hybridized carbons (Fsp3) is 0.200. The van der Waals surface area contributed by atoms with Crippen LogP contribution in [0.1, 0.15) is 37.0 Å². The third-order valence-corrected chi connectivity index (χ3v) is 4.75. The van der Waals surface area contributed by atoms with Crippen LogP contribution in [0.2, 0.25) is 0 Å². The van der Waals surface area contributed by atoms with Crippen molar-refractivity contribution in [3.8, 4) is 40.1 Å². The molecule has 0 fully saturated rings. The number of aryl methyl sites for hydroxylation is 1. The van der Waals surface area contributed by atoms with Gasteiger partial charge in [0.2, 0.25) is 0 Å². The molecule has 0 saturated carbocycles. The lowest BCUT2D eigenvalue weighted by atomic mass is 9.91. The lowest BCUT2D eigenvalue weighted by Crippen LogP contribution is -1.96. The molecule has 0 aliphatic heterocycles. The maximum atomic E-state index is 9.62. The van der Waals surface area contributed by atoms with Crippen molar-refractivity contribution in [2.24, 2.45) is 0 Å². The molecular weight excluding hydrogens is 344 g/mol. The molecule has 3 rings (SSSR count). The predicted octanol–water partition coefficient (Wildman–Crippen LogP) is 6.12. The summed E-state index contributed by atoms with van der Waals surface area (Å²) in [6.45, 7) is 4.80. The van der Waals surface area contributed by atoms with Crippen molar-refractivity contribution in [3.63, 3.8) is 0 Å². The summed E-state index contributed by atoms with van der Waals surface area (Å²) in [5, 5.41) is 19.1. The monoisotopic (exact) mass is 366 g/mol. The van der Waals surface area contributed by atoms with Crippen LogP contribution < -0.4 is 4.74 Å². The Labute approximate surface area is 166 Å². The van der Waals surface area contributed by atoms with Crippen LogP contribution in [0.4, 0.5) is 0 Å². The van der Waals surface area contributed by atoms with Crippen LogP contribution in [0.5, 0.6) is 5.75 Å². The highest BCUT2D eigenvalue weighted by Crippen LogP contribution is 2.30. The summed E-state index contributed by atoms with van der Waals surface area (Å²) < 4.78 is 5.63. The first-order chi connectivity index (χ1) is 13.7. The third-order valence-electron chi connectivity index (χ3n) is 4.75. The van der Waals surface area contributed by atoms with Gasteiger partial charge in [0.05, 0.1) is 17.7 Å². The van der Waals surface area contributed by atoms with E-state index in [-0.39, 0.29) is 0 Å². The zero-order valence-electron chi connectivity index (χ0n) is 16.2. The first-order valence-corrected chi connectivity index (χ1v) is 9.51. The minimum Gasteiger partial charge on any atom is -0.494 e. The maximum Gasteiger partial charge on any atom is 0.119 e. The molecule has 3 aromatic rings. The molecule has 0 aliphatic carbocycles. The van der Waals surface area contributed by atoms with E-state index >= 15 is 0 Å². The number of nitrogens with zero attached hydrogens (tertiary/aromatic N) is 2. The van der Waals surface area contributed by atoms with Gasteiger partial charge in [-0.05, 0) is 47.2 Å². The van der Waals surface area contributed by atoms with Crippen molar-refractivity contribution >= 4 is 0 Å². The van der Waals surface area contributed by atoms with E-state index in [4.69, 9.17) is 4.74 Å². The number of ether oxygens (including phenoxy) is 1. The van der Waals surface area contributed by atoms with Gasteiger partial charge in [0.25, 0.3) is 0 Å². The van der Waals surface area contributed by atoms with Crippen LogP contribution in [0.3, 0.4) is 0 Å². The summed E-state index contributed by atoms with van der Waals surface area (Å²) in [5.41, 5.74) is 5.77. The van der Waals surface area contributed by atoms with E-state index in [1.54, 1.807) is 0 Å². The van der Waals surface area contributed by atoms with E-state index in [9.17, 15) is 10.5 Å². The van der Waals surface area contributed by atoms with Crippen molar-refractivity contribution in [2.75, 3.05) is 6.61 Å². The standard InChI is InChI=1S/C25H22N2O/c1-3-15-28-22-12-9-20(10-13-22)19-5-7-21(8-6-19)23-14-11-18(4-2)24(16-26)25(23)17-27/h5-14H,3-4,15H2,1-2H3. The molecule has 3 nitrogen and oxygen atoms in total. The summed E-state index contributed by atoms with van der Waals surface area (Å²) in [6, 6.07) is 24.4. The van der Waals surface area contributed by atoms with Crippen LogP contribution in [0, 0.1) is 22.7 Å². The van der Waals surface area contributed by atoms with Crippen LogP contribution in [-0.2, 0) is 6.42 Å². The average molecular weight is 366 g/mol. The molecule has 0 heterocycles. The van der Waals surface area contributed by atoms with Crippen molar-refractivity contribution in [1.29, 1.82) is 10.5 Å². The van der Waals surface area contributed by atoms with Gasteiger partial charge < -0.3 is 4.74 Å². The highest BCUT2D eigenvalue weighted by atomic mass is 16.5. The largest absolute Gasteiger partial charge is 0.494 e. The molecule has 0 aliphatic rings. The second-order valence-electron chi connectivity index (χ2n) is 6.55. The second-order valence-corrected chi connectivity index (χ2v) is 6.55. The van der Waals surface area contributed by atoms with Gasteiger partial charge in [-0.2, -0.15) is 10.5 Å². The number of nitriles is 2. The van der Waals surface area contributed by atoms with Crippen molar-refractivity contribution in [1.82, 2.24) is 0 Å². The van der Waals surface area contributed by atoms with E-state index in [1.165, 1.54) is 0 Å². The van der Waals surface area contributed by atoms with Gasteiger partial charge in [-0.1, -0.05) is 62.4 Å². The van der Waals surface area contributed by atoms with Gasteiger partial charge in [0.1, 0.15) is 17.9 Å². The van der Waals surface area contributed by atoms with Crippen LogP contribution in [-0.4, -0.2) is 6.61 Å². The molecule has 0 unspecified atom stereocenters. The lowest BCUT2D eigenvalue weighted by molar-refractivity contribution is 0.317. The average Bonchev–Trinajstić information content (AvgIpc) is 2.77. The molecule has 0 aromatic heterocycles. The highest BCUT2D eigenvalue weighted by Gasteiger charge is 2.13. The topological polar surface area (TPSA) is 56.8 Å². The Morgan fingerprint density at radius 1 is 0.714 bits per heavy atom. The molecule has 0 N–H and O–H groups in total. The van der Waals surface area contributed by atoms with Gasteiger partial charge in [-0.25, -0.2) is 0 Å². The molecule has 138 valence electrons. The van der Waals surface area contributed by atoms with E-state index in [0.29, 0.717) is 11.1 Å². The summed E-state index contributed by atoms with van der Waals surface area (Å²) in [4.78, 5) is 0. The molecule has 0 bridgehead atoms. The summed E-state index contributed by atoms with van der Waals surface area (Å²) in [7, 11) is 0. The first-order valence-electron chi connectivity index (χ1n) is 9.51. The van der Waals surface area contributed by atoms with Crippen LogP contribution in [0.15, 0.2) is 60.7 Å². The summed E-state index contributed by atoms with van der Waals surface area (Å²) >= 11 is 0. The minimum atomic E-state index is 0.451. The van der Waals surface area contributed by atoms with E-state index in [0.717, 1.165) is 53.0 Å². The Bertz CT molecular complexity index is 1040. The predicted molar refractivity (Wildman–Crippen MR) is 112 cm³/mol. The van der Waals surface area contributed by atoms with E-state index < -0.39 is 0 Å². The van der Waals surface area contributed by atoms with Gasteiger partial charge in [0, 0.05) is 5.56 Å². The number of hydrogen-bond donors (Lipinski definition) is 0. The Balaban J connectivity index is 1.91. The SMILES string of the molecule is CCCOc1ccc(-c2ccc(-c3ccc(CC)c(C#N)c3C#N)cc2)cc1. The quantitative estimate of drug-likeness (QED) is 0.528. The lowest BCUT2D eigenvalue weighted by Gasteiger charge is -2.11. The zero-order valence-corrected chi connectivity index (χ0v) is 16.2. The Morgan fingerprint density at radius 2 is 1.29 bits per heavy atom. The van der Waals surface area contributed by atoms with Crippen molar-refractivity contribution < 1.29 is 4.74 Å². The Kier molecular flexibility index (Phi) is 6.10. The fourth-order valence-corrected chi connectivity index (χ4v) is 3.23. The summed E-state index contributed by atoms with van der Waals surface area (Å²) in [6.07, 6.45) is 1.72. The molecule has 0 atom stereocenters. The number of rotatable bonds is 6. The molecular formula is C25H22N2O. The number of benzene rings is 3. The summed E-state index contributed by atoms with van der Waals surface area (Å²) in [5.74, 6) is 0.876. The molecule has 0 radical (unpaired) electrons. The molecule has 0 amide bonds. The van der Waals surface area contributed by atoms with Crippen LogP contribution >= 0.6 is 0 Å². The van der Waals surface area contributed by atoms with Crippen molar-refractivity contribution in [3.05, 3.63) is 77.4 Å². The first kappa shape index (κ1) is 19.2. The normalized spacial score (nSPS) is 10.1. The fourth-order valence-electron chi connectivity index (χ4n) is 3.23. The van der Waals surface area contributed by atoms with Gasteiger partial charge in [-0.3, -0.25) is 0 Å². The molecule has 3 heteroatoms. The van der Waals surface area contributed by atoms with E-state index in [2.05, 4.69) is 19.1 Å². The second kappa shape index (κ2) is 8.89. The molecule has 0 spiro atoms. The van der Waals surface area contributed by atoms with Gasteiger partial charge >= 0.3 is 0 Å².